The second-order valence-electron chi connectivity index (χ2n) is 3.41. The van der Waals surface area contributed by atoms with Crippen LogP contribution in [-0.2, 0) is 0 Å². The van der Waals surface area contributed by atoms with E-state index in [4.69, 9.17) is 0 Å². The van der Waals surface area contributed by atoms with E-state index in [1.54, 1.807) is 12.5 Å². The van der Waals surface area contributed by atoms with E-state index < -0.39 is 0 Å². The molecule has 1 heterocycles. The first-order chi connectivity index (χ1) is 7.20. The van der Waals surface area contributed by atoms with Gasteiger partial charge in [-0.3, -0.25) is 10.4 Å². The Hall–Kier alpha value is -1.62. The molecule has 0 fully saturated rings. The molecule has 2 N–H and O–H groups in total. The molecule has 0 saturated carbocycles. The van der Waals surface area contributed by atoms with Crippen molar-refractivity contribution in [3.8, 4) is 0 Å². The van der Waals surface area contributed by atoms with Gasteiger partial charge in [-0.25, -0.2) is 4.99 Å². The molecule has 5 heteroatoms. The van der Waals surface area contributed by atoms with Gasteiger partial charge in [-0.15, -0.1) is 0 Å². The minimum atomic E-state index is 0.669. The van der Waals surface area contributed by atoms with Gasteiger partial charge in [0, 0.05) is 18.3 Å². The zero-order valence-electron chi connectivity index (χ0n) is 9.20. The molecule has 82 valence electrons. The highest BCUT2D eigenvalue weighted by atomic mass is 15.3. The Morgan fingerprint density at radius 3 is 3.00 bits per heavy atom. The number of rotatable bonds is 3. The van der Waals surface area contributed by atoms with Crippen molar-refractivity contribution < 1.29 is 0 Å². The fourth-order valence-electron chi connectivity index (χ4n) is 0.977. The Balaban J connectivity index is 2.59. The van der Waals surface area contributed by atoms with Crippen LogP contribution in [0.5, 0.6) is 0 Å². The van der Waals surface area contributed by atoms with Gasteiger partial charge in [0.2, 0.25) is 0 Å². The van der Waals surface area contributed by atoms with E-state index in [0.29, 0.717) is 5.84 Å². The Morgan fingerprint density at radius 2 is 2.27 bits per heavy atom. The molecule has 0 radical (unpaired) electrons. The van der Waals surface area contributed by atoms with E-state index in [1.165, 1.54) is 0 Å². The lowest BCUT2D eigenvalue weighted by Gasteiger charge is -2.08. The molecule has 0 saturated heterocycles. The van der Waals surface area contributed by atoms with Gasteiger partial charge in [0.1, 0.15) is 6.34 Å². The SMILES string of the molecule is C=C1/C=C\NNC=NC1=NCCN(C)C. The second-order valence-corrected chi connectivity index (χ2v) is 3.41. The van der Waals surface area contributed by atoms with Crippen molar-refractivity contribution >= 4 is 12.2 Å². The summed E-state index contributed by atoms with van der Waals surface area (Å²) in [7, 11) is 4.03. The highest BCUT2D eigenvalue weighted by Crippen LogP contribution is 1.99. The molecular formula is C10H17N5. The van der Waals surface area contributed by atoms with Crippen LogP contribution in [0.4, 0.5) is 0 Å². The number of amidine groups is 1. The molecule has 0 spiro atoms. The van der Waals surface area contributed by atoms with Gasteiger partial charge in [-0.1, -0.05) is 6.58 Å². The molecule has 0 aromatic carbocycles. The third-order valence-corrected chi connectivity index (χ3v) is 1.80. The fraction of sp³-hybridized carbons (Fsp3) is 0.400. The van der Waals surface area contributed by atoms with Crippen molar-refractivity contribution in [2.24, 2.45) is 9.98 Å². The lowest BCUT2D eigenvalue weighted by molar-refractivity contribution is 0.420. The third kappa shape index (κ3) is 4.42. The number of nitrogens with zero attached hydrogens (tertiary/aromatic N) is 3. The molecule has 0 atom stereocenters. The highest BCUT2D eigenvalue weighted by molar-refractivity contribution is 6.04. The second kappa shape index (κ2) is 5.98. The Kier molecular flexibility index (Phi) is 4.56. The summed E-state index contributed by atoms with van der Waals surface area (Å²) in [5, 5.41) is 0. The normalized spacial score (nSPS) is 20.7. The largest absolute Gasteiger partial charge is 0.308 e. The van der Waals surface area contributed by atoms with Crippen LogP contribution in [0.25, 0.3) is 0 Å². The van der Waals surface area contributed by atoms with Crippen molar-refractivity contribution in [2.45, 2.75) is 0 Å². The molecule has 0 aromatic heterocycles. The average Bonchev–Trinajstić information content (AvgIpc) is 2.16. The van der Waals surface area contributed by atoms with Gasteiger partial charge < -0.3 is 10.3 Å². The molecular weight excluding hydrogens is 190 g/mol. The average molecular weight is 207 g/mol. The van der Waals surface area contributed by atoms with Crippen LogP contribution in [0.15, 0.2) is 34.4 Å². The quantitative estimate of drug-likeness (QED) is 0.693. The third-order valence-electron chi connectivity index (χ3n) is 1.80. The minimum absolute atomic E-state index is 0.669. The summed E-state index contributed by atoms with van der Waals surface area (Å²) < 4.78 is 0. The first kappa shape index (κ1) is 11.5. The molecule has 0 aromatic rings. The maximum Gasteiger partial charge on any atom is 0.155 e. The van der Waals surface area contributed by atoms with Gasteiger partial charge in [0.25, 0.3) is 0 Å². The van der Waals surface area contributed by atoms with Gasteiger partial charge in [-0.2, -0.15) is 0 Å². The van der Waals surface area contributed by atoms with E-state index in [-0.39, 0.29) is 0 Å². The van der Waals surface area contributed by atoms with Gasteiger partial charge in [-0.05, 0) is 20.2 Å². The predicted molar refractivity (Wildman–Crippen MR) is 63.9 cm³/mol. The summed E-state index contributed by atoms with van der Waals surface area (Å²) in [5.41, 5.74) is 6.39. The first-order valence-electron chi connectivity index (χ1n) is 4.79. The number of hydrogen-bond acceptors (Lipinski definition) is 4. The predicted octanol–water partition coefficient (Wildman–Crippen LogP) is 0.152. The summed E-state index contributed by atoms with van der Waals surface area (Å²) in [5.74, 6) is 0.669. The van der Waals surface area contributed by atoms with Crippen LogP contribution in [-0.4, -0.2) is 44.3 Å². The molecule has 0 unspecified atom stereocenters. The van der Waals surface area contributed by atoms with Crippen LogP contribution in [0.3, 0.4) is 0 Å². The highest BCUT2D eigenvalue weighted by Gasteiger charge is 2.00. The van der Waals surface area contributed by atoms with Gasteiger partial charge in [0.05, 0.1) is 6.54 Å². The van der Waals surface area contributed by atoms with Crippen LogP contribution in [0, 0.1) is 0 Å². The number of hydrogen-bond donors (Lipinski definition) is 2. The number of aliphatic imine (C=N–C) groups is 2. The van der Waals surface area contributed by atoms with Crippen molar-refractivity contribution in [2.75, 3.05) is 27.2 Å². The van der Waals surface area contributed by atoms with Crippen molar-refractivity contribution in [3.05, 3.63) is 24.4 Å². The number of likely N-dealkylation sites (N-methyl/N-ethyl adjacent to an activating group) is 1. The van der Waals surface area contributed by atoms with E-state index in [1.807, 2.05) is 20.2 Å². The van der Waals surface area contributed by atoms with E-state index in [0.717, 1.165) is 18.7 Å². The molecule has 1 rings (SSSR count). The molecule has 0 bridgehead atoms. The summed E-state index contributed by atoms with van der Waals surface area (Å²) in [6, 6.07) is 0. The zero-order valence-corrected chi connectivity index (χ0v) is 9.20. The van der Waals surface area contributed by atoms with Crippen LogP contribution >= 0.6 is 0 Å². The van der Waals surface area contributed by atoms with Crippen LogP contribution < -0.4 is 10.9 Å². The number of nitrogens with one attached hydrogen (secondary N) is 2. The van der Waals surface area contributed by atoms with Crippen molar-refractivity contribution in [3.63, 3.8) is 0 Å². The summed E-state index contributed by atoms with van der Waals surface area (Å²) in [6.45, 7) is 5.51. The molecule has 1 aliphatic heterocycles. The van der Waals surface area contributed by atoms with Gasteiger partial charge in [0.15, 0.2) is 5.84 Å². The standard InChI is InChI=1S/C10H17N5/c1-9-4-5-13-14-8-12-10(9)11-6-7-15(2)3/h4-5,8,13H,1,6-7H2,2-3H3,(H,11,12,14)/b5-4-. The number of hydrazine groups is 1. The lowest BCUT2D eigenvalue weighted by atomic mass is 10.2. The molecule has 15 heavy (non-hydrogen) atoms. The van der Waals surface area contributed by atoms with Crippen molar-refractivity contribution in [1.82, 2.24) is 15.8 Å². The van der Waals surface area contributed by atoms with E-state index >= 15 is 0 Å². The monoisotopic (exact) mass is 207 g/mol. The van der Waals surface area contributed by atoms with E-state index in [2.05, 4.69) is 32.3 Å². The maximum atomic E-state index is 4.36. The molecule has 1 aliphatic rings. The summed E-state index contributed by atoms with van der Waals surface area (Å²) in [6.07, 6.45) is 5.15. The Bertz CT molecular complexity index is 301. The van der Waals surface area contributed by atoms with E-state index in [9.17, 15) is 0 Å². The lowest BCUT2D eigenvalue weighted by Crippen LogP contribution is -2.27. The molecule has 5 nitrogen and oxygen atoms in total. The Morgan fingerprint density at radius 1 is 1.47 bits per heavy atom. The topological polar surface area (TPSA) is 52.0 Å². The first-order valence-corrected chi connectivity index (χ1v) is 4.79. The van der Waals surface area contributed by atoms with Crippen LogP contribution in [0.2, 0.25) is 0 Å². The smallest absolute Gasteiger partial charge is 0.155 e. The van der Waals surface area contributed by atoms with Crippen LogP contribution in [0.1, 0.15) is 0 Å². The zero-order chi connectivity index (χ0) is 11.1. The molecule has 0 amide bonds. The van der Waals surface area contributed by atoms with Gasteiger partial charge >= 0.3 is 0 Å². The Labute approximate surface area is 90.3 Å². The summed E-state index contributed by atoms with van der Waals surface area (Å²) >= 11 is 0. The fourth-order valence-corrected chi connectivity index (χ4v) is 0.977. The molecule has 0 aliphatic carbocycles. The summed E-state index contributed by atoms with van der Waals surface area (Å²) in [4.78, 5) is 10.6. The maximum absolute atomic E-state index is 4.36. The van der Waals surface area contributed by atoms with Crippen molar-refractivity contribution in [1.29, 1.82) is 0 Å². The minimum Gasteiger partial charge on any atom is -0.308 e.